The van der Waals surface area contributed by atoms with Crippen LogP contribution in [-0.4, -0.2) is 56.7 Å². The Morgan fingerprint density at radius 1 is 0.964 bits per heavy atom. The summed E-state index contributed by atoms with van der Waals surface area (Å²) in [6.45, 7) is 2.37. The van der Waals surface area contributed by atoms with E-state index in [0.717, 1.165) is 5.82 Å². The minimum Gasteiger partial charge on any atom is -0.352 e. The summed E-state index contributed by atoms with van der Waals surface area (Å²) in [5, 5.41) is 5.36. The van der Waals surface area contributed by atoms with Gasteiger partial charge >= 0.3 is 0 Å². The van der Waals surface area contributed by atoms with Gasteiger partial charge < -0.3 is 9.80 Å². The molecule has 0 saturated carbocycles. The normalized spacial score (nSPS) is 14.4. The number of halogens is 3. The third-order valence-corrected chi connectivity index (χ3v) is 5.42. The van der Waals surface area contributed by atoms with Gasteiger partial charge in [-0.1, -0.05) is 23.2 Å². The van der Waals surface area contributed by atoms with Crippen LogP contribution in [0.2, 0.25) is 10.0 Å². The number of piperazine rings is 1. The quantitative estimate of drug-likeness (QED) is 0.570. The molecule has 0 N–H and O–H groups in total. The summed E-state index contributed by atoms with van der Waals surface area (Å²) in [7, 11) is 0. The molecule has 0 aromatic carbocycles. The molecule has 28 heavy (non-hydrogen) atoms. The van der Waals surface area contributed by atoms with E-state index in [1.54, 1.807) is 41.6 Å². The Kier molecular flexibility index (Phi) is 5.52. The summed E-state index contributed by atoms with van der Waals surface area (Å²) in [5.41, 5.74) is 0.400. The van der Waals surface area contributed by atoms with E-state index >= 15 is 0 Å². The summed E-state index contributed by atoms with van der Waals surface area (Å²) in [6.07, 6.45) is 3.33. The number of amides is 1. The van der Waals surface area contributed by atoms with Gasteiger partial charge in [0.25, 0.3) is 5.91 Å². The molecule has 1 fully saturated rings. The van der Waals surface area contributed by atoms with Crippen molar-refractivity contribution in [1.82, 2.24) is 24.6 Å². The third-order valence-electron chi connectivity index (χ3n) is 4.44. The number of rotatable bonds is 3. The van der Waals surface area contributed by atoms with Crippen LogP contribution in [0.1, 0.15) is 10.5 Å². The van der Waals surface area contributed by atoms with Crippen LogP contribution in [-0.2, 0) is 0 Å². The highest BCUT2D eigenvalue weighted by Crippen LogP contribution is 2.25. The van der Waals surface area contributed by atoms with Gasteiger partial charge in [-0.3, -0.25) is 4.79 Å². The van der Waals surface area contributed by atoms with Crippen LogP contribution in [0, 0.1) is 0 Å². The Balaban J connectivity index is 1.54. The molecule has 0 atom stereocenters. The van der Waals surface area contributed by atoms with E-state index in [0.29, 0.717) is 52.3 Å². The van der Waals surface area contributed by atoms with Crippen molar-refractivity contribution in [1.29, 1.82) is 0 Å². The minimum absolute atomic E-state index is 0.133. The summed E-state index contributed by atoms with van der Waals surface area (Å²) in [4.78, 5) is 25.6. The van der Waals surface area contributed by atoms with Crippen molar-refractivity contribution in [2.75, 3.05) is 31.1 Å². The number of hydrogen-bond acceptors (Lipinski definition) is 5. The van der Waals surface area contributed by atoms with Crippen molar-refractivity contribution in [3.63, 3.8) is 0 Å². The Morgan fingerprint density at radius 3 is 2.18 bits per heavy atom. The standard InChI is InChI=1S/C18H15BrCl2N6O/c19-15-11-14(27(24-15)17-13(21)4-2-6-23-17)18(28)26-9-7-25(8-10-26)16-12(20)3-1-5-22-16/h1-6,11H,7-10H2. The third kappa shape index (κ3) is 3.72. The second-order valence-corrected chi connectivity index (χ2v) is 7.79. The molecule has 1 aliphatic rings. The predicted octanol–water partition coefficient (Wildman–Crippen LogP) is 3.69. The van der Waals surface area contributed by atoms with Crippen LogP contribution in [0.25, 0.3) is 5.82 Å². The molecule has 0 spiro atoms. The van der Waals surface area contributed by atoms with Crippen LogP contribution in [0.5, 0.6) is 0 Å². The molecule has 4 rings (SSSR count). The smallest absolute Gasteiger partial charge is 0.272 e. The highest BCUT2D eigenvalue weighted by atomic mass is 79.9. The summed E-state index contributed by atoms with van der Waals surface area (Å²) in [5.74, 6) is 1.02. The number of aromatic nitrogens is 4. The molecule has 0 unspecified atom stereocenters. The Bertz CT molecular complexity index is 1020. The average molecular weight is 482 g/mol. The fraction of sp³-hybridized carbons (Fsp3) is 0.222. The molecule has 4 heterocycles. The lowest BCUT2D eigenvalue weighted by Crippen LogP contribution is -2.49. The fourth-order valence-corrected chi connectivity index (χ4v) is 3.91. The first kappa shape index (κ1) is 19.2. The Morgan fingerprint density at radius 2 is 1.57 bits per heavy atom. The van der Waals surface area contributed by atoms with Gasteiger partial charge in [0.2, 0.25) is 0 Å². The minimum atomic E-state index is -0.133. The summed E-state index contributed by atoms with van der Waals surface area (Å²) < 4.78 is 2.01. The molecule has 1 saturated heterocycles. The van der Waals surface area contributed by atoms with Crippen LogP contribution >= 0.6 is 39.1 Å². The second-order valence-electron chi connectivity index (χ2n) is 6.16. The molecule has 1 amide bonds. The van der Waals surface area contributed by atoms with Crippen LogP contribution in [0.15, 0.2) is 47.3 Å². The Labute approximate surface area is 180 Å². The molecule has 3 aromatic heterocycles. The first-order valence-corrected chi connectivity index (χ1v) is 10.1. The van der Waals surface area contributed by atoms with Crippen molar-refractivity contribution < 1.29 is 4.79 Å². The molecule has 0 bridgehead atoms. The first-order chi connectivity index (χ1) is 13.5. The average Bonchev–Trinajstić information content (AvgIpc) is 3.10. The van der Waals surface area contributed by atoms with E-state index in [1.165, 1.54) is 4.68 Å². The zero-order valence-electron chi connectivity index (χ0n) is 14.6. The predicted molar refractivity (Wildman–Crippen MR) is 111 cm³/mol. The maximum atomic E-state index is 13.1. The lowest BCUT2D eigenvalue weighted by atomic mass is 10.2. The van der Waals surface area contributed by atoms with E-state index < -0.39 is 0 Å². The molecule has 0 aliphatic carbocycles. The van der Waals surface area contributed by atoms with E-state index in [-0.39, 0.29) is 5.91 Å². The fourth-order valence-electron chi connectivity index (χ4n) is 3.09. The first-order valence-electron chi connectivity index (χ1n) is 8.56. The van der Waals surface area contributed by atoms with Crippen molar-refractivity contribution in [2.45, 2.75) is 0 Å². The zero-order valence-corrected chi connectivity index (χ0v) is 17.7. The number of carbonyl (C=O) groups excluding carboxylic acids is 1. The van der Waals surface area contributed by atoms with Gasteiger partial charge in [-0.15, -0.1) is 0 Å². The van der Waals surface area contributed by atoms with Crippen molar-refractivity contribution >= 4 is 50.9 Å². The Hall–Kier alpha value is -2.16. The molecule has 3 aromatic rings. The molecule has 10 heteroatoms. The summed E-state index contributed by atoms with van der Waals surface area (Å²) in [6, 6.07) is 8.73. The van der Waals surface area contributed by atoms with E-state index in [1.807, 2.05) is 6.07 Å². The molecule has 1 aliphatic heterocycles. The van der Waals surface area contributed by atoms with E-state index in [9.17, 15) is 4.79 Å². The highest BCUT2D eigenvalue weighted by Gasteiger charge is 2.27. The van der Waals surface area contributed by atoms with Gasteiger partial charge in [0.05, 0.1) is 10.0 Å². The molecular formula is C18H15BrCl2N6O. The van der Waals surface area contributed by atoms with Crippen LogP contribution in [0.4, 0.5) is 5.82 Å². The van der Waals surface area contributed by atoms with Crippen molar-refractivity contribution in [3.05, 3.63) is 63.1 Å². The molecular weight excluding hydrogens is 467 g/mol. The number of pyridine rings is 2. The zero-order chi connectivity index (χ0) is 19.7. The lowest BCUT2D eigenvalue weighted by molar-refractivity contribution is 0.0737. The highest BCUT2D eigenvalue weighted by molar-refractivity contribution is 9.10. The monoisotopic (exact) mass is 480 g/mol. The molecule has 144 valence electrons. The van der Waals surface area contributed by atoms with Crippen LogP contribution in [0.3, 0.4) is 0 Å². The second kappa shape index (κ2) is 8.06. The number of anilines is 1. The van der Waals surface area contributed by atoms with Gasteiger partial charge in [-0.25, -0.2) is 14.6 Å². The van der Waals surface area contributed by atoms with Gasteiger partial charge in [0, 0.05) is 44.6 Å². The van der Waals surface area contributed by atoms with Crippen molar-refractivity contribution in [2.24, 2.45) is 0 Å². The van der Waals surface area contributed by atoms with Gasteiger partial charge in [-0.2, -0.15) is 5.10 Å². The molecule has 7 nitrogen and oxygen atoms in total. The number of hydrogen-bond donors (Lipinski definition) is 0. The number of carbonyl (C=O) groups is 1. The maximum absolute atomic E-state index is 13.1. The molecule has 0 radical (unpaired) electrons. The summed E-state index contributed by atoms with van der Waals surface area (Å²) >= 11 is 15.8. The number of nitrogens with zero attached hydrogens (tertiary/aromatic N) is 6. The topological polar surface area (TPSA) is 67.2 Å². The van der Waals surface area contributed by atoms with Crippen LogP contribution < -0.4 is 4.90 Å². The van der Waals surface area contributed by atoms with Gasteiger partial charge in [0.1, 0.15) is 16.1 Å². The largest absolute Gasteiger partial charge is 0.352 e. The maximum Gasteiger partial charge on any atom is 0.272 e. The van der Waals surface area contributed by atoms with E-state index in [2.05, 4.69) is 35.9 Å². The van der Waals surface area contributed by atoms with Gasteiger partial charge in [0.15, 0.2) is 5.82 Å². The van der Waals surface area contributed by atoms with E-state index in [4.69, 9.17) is 23.2 Å². The van der Waals surface area contributed by atoms with Crippen molar-refractivity contribution in [3.8, 4) is 5.82 Å². The van der Waals surface area contributed by atoms with Gasteiger partial charge in [-0.05, 0) is 40.2 Å². The lowest BCUT2D eigenvalue weighted by Gasteiger charge is -2.35. The SMILES string of the molecule is O=C(c1cc(Br)nn1-c1ncccc1Cl)N1CCN(c2ncccc2Cl)CC1.